The van der Waals surface area contributed by atoms with Gasteiger partial charge in [-0.2, -0.15) is 0 Å². The average Bonchev–Trinajstić information content (AvgIpc) is 2.22. The highest BCUT2D eigenvalue weighted by Crippen LogP contribution is 2.45. The molecule has 0 saturated carbocycles. The lowest BCUT2D eigenvalue weighted by Gasteiger charge is -2.11. The lowest BCUT2D eigenvalue weighted by atomic mass is 9.96. The van der Waals surface area contributed by atoms with E-state index in [1.807, 2.05) is 0 Å². The zero-order valence-electron chi connectivity index (χ0n) is 54.4. The summed E-state index contributed by atoms with van der Waals surface area (Å²) in [6.45, 7) is 43.3. The van der Waals surface area contributed by atoms with Crippen LogP contribution in [0.15, 0.2) is 91.0 Å². The molecule has 5 heterocycles. The first-order chi connectivity index (χ1) is 40.4. The summed E-state index contributed by atoms with van der Waals surface area (Å²) in [5.74, 6) is 0. The Morgan fingerprint density at radius 3 is 1.29 bits per heavy atom. The van der Waals surface area contributed by atoms with Crippen LogP contribution in [0.2, 0.25) is 0 Å². The molecule has 0 radical (unpaired) electrons. The van der Waals surface area contributed by atoms with E-state index in [1.54, 1.807) is 0 Å². The van der Waals surface area contributed by atoms with Crippen LogP contribution in [-0.2, 0) is 32.1 Å². The first-order valence-corrected chi connectivity index (χ1v) is 30.7. The summed E-state index contributed by atoms with van der Waals surface area (Å²) in [5, 5.41) is 0. The lowest BCUT2D eigenvalue weighted by Crippen LogP contribution is -1.97. The van der Waals surface area contributed by atoms with E-state index in [-0.39, 0.29) is 0 Å². The number of aryl methyl sites for hydroxylation is 13. The Morgan fingerprint density at radius 2 is 0.694 bits per heavy atom. The van der Waals surface area contributed by atoms with Crippen LogP contribution in [0.25, 0.3) is 55.6 Å². The van der Waals surface area contributed by atoms with Crippen molar-refractivity contribution in [1.29, 1.82) is 0 Å². The van der Waals surface area contributed by atoms with Gasteiger partial charge in [0.2, 0.25) is 0 Å². The van der Waals surface area contributed by atoms with Crippen molar-refractivity contribution in [3.05, 3.63) is 259 Å². The van der Waals surface area contributed by atoms with E-state index in [9.17, 15) is 0 Å². The second-order valence-corrected chi connectivity index (χ2v) is 25.5. The van der Waals surface area contributed by atoms with E-state index in [2.05, 4.69) is 229 Å². The Bertz CT molecular complexity index is 4410. The molecule has 0 saturated heterocycles. The van der Waals surface area contributed by atoms with Gasteiger partial charge in [0, 0.05) is 88.4 Å². The fraction of sp³-hybridized carbons (Fsp3) is 0.312. The zero-order chi connectivity index (χ0) is 60.8. The van der Waals surface area contributed by atoms with E-state index in [1.165, 1.54) is 212 Å². The average molecular weight is 1120 g/mol. The van der Waals surface area contributed by atoms with Crippen LogP contribution in [0.1, 0.15) is 168 Å². The van der Waals surface area contributed by atoms with Crippen LogP contribution in [0, 0.1) is 138 Å². The molecular formula is C80H85N5. The Hall–Kier alpha value is -8.15. The van der Waals surface area contributed by atoms with Crippen molar-refractivity contribution >= 4 is 0 Å². The Morgan fingerprint density at radius 1 is 0.235 bits per heavy atom. The minimum atomic E-state index is 0.993. The number of fused-ring (bicyclic) bond motifs is 15. The number of hydrogen-bond acceptors (Lipinski definition) is 5. The first kappa shape index (κ1) is 58.6. The van der Waals surface area contributed by atoms with Crippen LogP contribution < -0.4 is 0 Å². The molecule has 5 aliphatic rings. The maximum Gasteiger partial charge on any atom is 0.0532 e. The monoisotopic (exact) mass is 1120 g/mol. The summed E-state index contributed by atoms with van der Waals surface area (Å²) in [4.78, 5) is 23.8. The largest absolute Gasteiger partial charge is 0.257 e. The zero-order valence-corrected chi connectivity index (χ0v) is 54.4. The molecule has 5 aliphatic carbocycles. The van der Waals surface area contributed by atoms with Crippen molar-refractivity contribution in [2.24, 2.45) is 0 Å². The molecule has 0 unspecified atom stereocenters. The van der Waals surface area contributed by atoms with Crippen molar-refractivity contribution in [3.63, 3.8) is 0 Å². The summed E-state index contributed by atoms with van der Waals surface area (Å²) in [6, 6.07) is 33.7. The molecule has 10 aromatic rings. The van der Waals surface area contributed by atoms with E-state index in [0.29, 0.717) is 0 Å². The number of hydrogen-bond donors (Lipinski definition) is 0. The first-order valence-electron chi connectivity index (χ1n) is 30.7. The summed E-state index contributed by atoms with van der Waals surface area (Å²) in [5.41, 5.74) is 53.5. The van der Waals surface area contributed by atoms with Gasteiger partial charge < -0.3 is 0 Å². The topological polar surface area (TPSA) is 64.5 Å². The van der Waals surface area contributed by atoms with Crippen LogP contribution in [0.5, 0.6) is 0 Å². The van der Waals surface area contributed by atoms with E-state index >= 15 is 0 Å². The number of pyridine rings is 5. The summed E-state index contributed by atoms with van der Waals surface area (Å²) >= 11 is 0. The van der Waals surface area contributed by atoms with E-state index in [0.717, 1.165) is 43.5 Å². The SMILES string of the molecule is Cc1cc(C)c2c(c1)Cc1nc(C)c(C)cc1-2.Cc1cc2c(nc1C)Cc1ccc(C)c(C)c1-2.Cc1ccc2c(c1)-c1c(nc(C)c(C)c1C)C2.Cc1ccc2c(c1)Cc1nc(C)c(C)c(C)c1-2.Cc1cccc2c1Cc1nc(C)c(C)c(C)c1-2. The predicted molar refractivity (Wildman–Crippen MR) is 357 cm³/mol. The number of benzene rings is 5. The third kappa shape index (κ3) is 10.7. The van der Waals surface area contributed by atoms with Gasteiger partial charge in [-0.15, -0.1) is 0 Å². The van der Waals surface area contributed by atoms with Gasteiger partial charge in [0.25, 0.3) is 0 Å². The molecule has 15 rings (SSSR count). The van der Waals surface area contributed by atoms with Crippen molar-refractivity contribution in [2.75, 3.05) is 0 Å². The second-order valence-electron chi connectivity index (χ2n) is 25.5. The van der Waals surface area contributed by atoms with Crippen LogP contribution in [0.3, 0.4) is 0 Å². The van der Waals surface area contributed by atoms with E-state index in [4.69, 9.17) is 24.9 Å². The number of nitrogens with zero attached hydrogens (tertiary/aromatic N) is 5. The van der Waals surface area contributed by atoms with Crippen LogP contribution in [-0.4, -0.2) is 24.9 Å². The van der Waals surface area contributed by atoms with Crippen molar-refractivity contribution in [1.82, 2.24) is 24.9 Å². The molecule has 0 atom stereocenters. The lowest BCUT2D eigenvalue weighted by molar-refractivity contribution is 1.03. The van der Waals surface area contributed by atoms with Crippen molar-refractivity contribution < 1.29 is 0 Å². The maximum absolute atomic E-state index is 4.77. The summed E-state index contributed by atoms with van der Waals surface area (Å²) < 4.78 is 0. The molecule has 0 amide bonds. The highest BCUT2D eigenvalue weighted by atomic mass is 14.8. The molecule has 5 nitrogen and oxygen atoms in total. The van der Waals surface area contributed by atoms with Gasteiger partial charge in [-0.25, -0.2) is 0 Å². The molecule has 0 N–H and O–H groups in total. The molecular weight excluding hydrogens is 1030 g/mol. The van der Waals surface area contributed by atoms with Gasteiger partial charge in [-0.05, 0) is 273 Å². The molecule has 0 fully saturated rings. The predicted octanol–water partition coefficient (Wildman–Crippen LogP) is 19.4. The Balaban J connectivity index is 0.000000111. The summed E-state index contributed by atoms with van der Waals surface area (Å²) in [6.07, 6.45) is 4.97. The van der Waals surface area contributed by atoms with Gasteiger partial charge >= 0.3 is 0 Å². The smallest absolute Gasteiger partial charge is 0.0532 e. The normalized spacial score (nSPS) is 12.5. The minimum Gasteiger partial charge on any atom is -0.257 e. The second kappa shape index (κ2) is 22.7. The molecule has 430 valence electrons. The number of rotatable bonds is 0. The standard InChI is InChI=1S/5C16H17N/c1-9-5-11(3)16-13(6-9)8-15-14(16)7-10(2)12(4)17-15;1-9-5-6-13-8-15-14(16(13)11(9)3)7-10(2)12(4)17-15;1-9-5-6-14-13(7-9)8-15-16(14)11(3)10(2)12(4)17-15;1-9-5-6-13-8-15-16(14(13)7-9)11(3)10(2)12(4)17-15;1-9-6-5-7-13-14(9)8-15-16(13)11(3)10(2)12(4)17-15/h5*5-7H,8H2,1-4H3. The maximum atomic E-state index is 4.77. The third-order valence-electron chi connectivity index (χ3n) is 19.7. The fourth-order valence-corrected chi connectivity index (χ4v) is 13.9. The molecule has 5 aromatic heterocycles. The van der Waals surface area contributed by atoms with Gasteiger partial charge in [0.1, 0.15) is 0 Å². The van der Waals surface area contributed by atoms with Crippen LogP contribution in [0.4, 0.5) is 0 Å². The molecule has 0 spiro atoms. The molecule has 85 heavy (non-hydrogen) atoms. The molecule has 0 aliphatic heterocycles. The van der Waals surface area contributed by atoms with Crippen LogP contribution >= 0.6 is 0 Å². The molecule has 0 bridgehead atoms. The molecule has 5 aromatic carbocycles. The quantitative estimate of drug-likeness (QED) is 0.151. The minimum absolute atomic E-state index is 0.993. The highest BCUT2D eigenvalue weighted by molar-refractivity contribution is 5.83. The van der Waals surface area contributed by atoms with E-state index < -0.39 is 0 Å². The Kier molecular flexibility index (Phi) is 15.6. The van der Waals surface area contributed by atoms with Crippen molar-refractivity contribution in [3.8, 4) is 55.6 Å². The van der Waals surface area contributed by atoms with Gasteiger partial charge in [0.05, 0.1) is 28.5 Å². The Labute approximate surface area is 507 Å². The number of aromatic nitrogens is 5. The van der Waals surface area contributed by atoms with Gasteiger partial charge in [-0.1, -0.05) is 95.6 Å². The van der Waals surface area contributed by atoms with Crippen molar-refractivity contribution in [2.45, 2.75) is 171 Å². The molecule has 5 heteroatoms. The van der Waals surface area contributed by atoms with Gasteiger partial charge in [-0.3, -0.25) is 24.9 Å². The van der Waals surface area contributed by atoms with Gasteiger partial charge in [0.15, 0.2) is 0 Å². The third-order valence-corrected chi connectivity index (χ3v) is 19.7. The highest BCUT2D eigenvalue weighted by Gasteiger charge is 2.28. The summed E-state index contributed by atoms with van der Waals surface area (Å²) in [7, 11) is 0. The fourth-order valence-electron chi connectivity index (χ4n) is 13.9.